The third kappa shape index (κ3) is 3.10. The zero-order valence-electron chi connectivity index (χ0n) is 12.2. The molecule has 0 radical (unpaired) electrons. The van der Waals surface area contributed by atoms with Crippen LogP contribution in [0.25, 0.3) is 0 Å². The number of esters is 1. The Labute approximate surface area is 125 Å². The van der Waals surface area contributed by atoms with Crippen LogP contribution in [-0.2, 0) is 23.2 Å². The van der Waals surface area contributed by atoms with Gasteiger partial charge in [-0.3, -0.25) is 9.48 Å². The Morgan fingerprint density at radius 1 is 1.38 bits per heavy atom. The lowest BCUT2D eigenvalue weighted by Gasteiger charge is -2.06. The third-order valence-electron chi connectivity index (χ3n) is 2.78. The highest BCUT2D eigenvalue weighted by Gasteiger charge is 2.27. The van der Waals surface area contributed by atoms with Crippen molar-refractivity contribution >= 4 is 23.1 Å². The van der Waals surface area contributed by atoms with Gasteiger partial charge in [-0.1, -0.05) is 0 Å². The molecule has 0 saturated carbocycles. The molecule has 0 aliphatic heterocycles. The molecule has 7 nitrogen and oxygen atoms in total. The Morgan fingerprint density at radius 2 is 2.10 bits per heavy atom. The lowest BCUT2D eigenvalue weighted by atomic mass is 10.2. The molecule has 2 aromatic rings. The minimum absolute atomic E-state index is 0.0753. The van der Waals surface area contributed by atoms with E-state index in [1.165, 1.54) is 16.0 Å². The van der Waals surface area contributed by atoms with Crippen LogP contribution in [0.1, 0.15) is 26.9 Å². The zero-order valence-corrected chi connectivity index (χ0v) is 13.0. The van der Waals surface area contributed by atoms with Crippen LogP contribution >= 0.6 is 11.3 Å². The molecule has 0 amide bonds. The molecule has 0 bridgehead atoms. The number of carbonyl (C=O) groups excluding carboxylic acids is 2. The monoisotopic (exact) mass is 309 g/mol. The summed E-state index contributed by atoms with van der Waals surface area (Å²) in [5.41, 5.74) is 1.36. The van der Waals surface area contributed by atoms with E-state index in [1.807, 2.05) is 12.3 Å². The third-order valence-corrected chi connectivity index (χ3v) is 3.61. The second-order valence-corrected chi connectivity index (χ2v) is 5.42. The minimum Gasteiger partial charge on any atom is -0.483 e. The molecule has 8 heteroatoms. The summed E-state index contributed by atoms with van der Waals surface area (Å²) in [6.07, 6.45) is 0. The first-order valence-corrected chi connectivity index (χ1v) is 7.02. The minimum atomic E-state index is -0.952. The Hall–Kier alpha value is -2.22. The van der Waals surface area contributed by atoms with Crippen molar-refractivity contribution in [2.24, 2.45) is 7.05 Å². The van der Waals surface area contributed by atoms with Crippen LogP contribution in [0.2, 0.25) is 0 Å². The van der Waals surface area contributed by atoms with Gasteiger partial charge < -0.3 is 9.47 Å². The van der Waals surface area contributed by atoms with E-state index in [4.69, 9.17) is 4.74 Å². The number of nitrogens with zero attached hydrogens (tertiary/aromatic N) is 3. The molecule has 0 aliphatic carbocycles. The number of Topliss-reactive ketones (excluding diaryl/α,β-unsaturated/α-hetero) is 1. The molecule has 2 heterocycles. The maximum atomic E-state index is 12.0. The van der Waals surface area contributed by atoms with Crippen molar-refractivity contribution in [3.63, 3.8) is 0 Å². The maximum absolute atomic E-state index is 12.0. The van der Waals surface area contributed by atoms with Crippen LogP contribution in [-0.4, -0.2) is 33.6 Å². The summed E-state index contributed by atoms with van der Waals surface area (Å²) in [5, 5.41) is 6.92. The van der Waals surface area contributed by atoms with Gasteiger partial charge in [0.15, 0.2) is 11.4 Å². The number of thiazole rings is 1. The molecule has 21 heavy (non-hydrogen) atoms. The second kappa shape index (κ2) is 6.04. The number of ketones is 1. The van der Waals surface area contributed by atoms with Crippen molar-refractivity contribution in [1.29, 1.82) is 0 Å². The number of ether oxygens (including phenoxy) is 2. The average Bonchev–Trinajstić information content (AvgIpc) is 2.98. The molecule has 2 rings (SSSR count). The summed E-state index contributed by atoms with van der Waals surface area (Å²) < 4.78 is 11.4. The summed E-state index contributed by atoms with van der Waals surface area (Å²) in [4.78, 5) is 27.7. The first kappa shape index (κ1) is 15.2. The van der Waals surface area contributed by atoms with Gasteiger partial charge in [0.05, 0.1) is 17.8 Å². The van der Waals surface area contributed by atoms with E-state index in [2.05, 4.69) is 14.8 Å². The summed E-state index contributed by atoms with van der Waals surface area (Å²) >= 11 is 1.51. The summed E-state index contributed by atoms with van der Waals surface area (Å²) in [6, 6.07) is 0. The highest BCUT2D eigenvalue weighted by Crippen LogP contribution is 2.24. The molecule has 0 N–H and O–H groups in total. The van der Waals surface area contributed by atoms with E-state index in [9.17, 15) is 9.59 Å². The average molecular weight is 309 g/mol. The van der Waals surface area contributed by atoms with Crippen LogP contribution in [0.3, 0.4) is 0 Å². The van der Waals surface area contributed by atoms with Crippen molar-refractivity contribution in [2.45, 2.75) is 20.5 Å². The molecule has 0 aromatic carbocycles. The highest BCUT2D eigenvalue weighted by atomic mass is 32.1. The van der Waals surface area contributed by atoms with Crippen molar-refractivity contribution in [2.75, 3.05) is 7.11 Å². The lowest BCUT2D eigenvalue weighted by Crippen LogP contribution is -2.20. The molecule has 0 aliphatic rings. The van der Waals surface area contributed by atoms with Crippen molar-refractivity contribution in [1.82, 2.24) is 14.8 Å². The summed E-state index contributed by atoms with van der Waals surface area (Å²) in [5.74, 6) is -1.46. The van der Waals surface area contributed by atoms with Gasteiger partial charge in [0.25, 0.3) is 5.78 Å². The molecule has 112 valence electrons. The standard InChI is InChI=1S/C13H15N3O4S/c1-7-12(20-5-9-6-21-8(2)14-9)10(16(3)15-7)11(17)13(18)19-4/h6H,5H2,1-4H3. The number of hydrogen-bond acceptors (Lipinski definition) is 7. The molecule has 2 aromatic heterocycles. The van der Waals surface area contributed by atoms with Gasteiger partial charge in [0.2, 0.25) is 0 Å². The molecule has 0 atom stereocenters. The predicted octanol–water partition coefficient (Wildman–Crippen LogP) is 1.43. The largest absolute Gasteiger partial charge is 0.483 e. The van der Waals surface area contributed by atoms with Crippen LogP contribution in [0, 0.1) is 13.8 Å². The number of aromatic nitrogens is 3. The quantitative estimate of drug-likeness (QED) is 0.472. The summed E-state index contributed by atoms with van der Waals surface area (Å²) in [7, 11) is 2.73. The molecule has 0 fully saturated rings. The smallest absolute Gasteiger partial charge is 0.381 e. The lowest BCUT2D eigenvalue weighted by molar-refractivity contribution is -0.135. The Morgan fingerprint density at radius 3 is 2.67 bits per heavy atom. The first-order chi connectivity index (χ1) is 9.93. The van der Waals surface area contributed by atoms with E-state index in [-0.39, 0.29) is 18.1 Å². The topological polar surface area (TPSA) is 83.3 Å². The van der Waals surface area contributed by atoms with Gasteiger partial charge >= 0.3 is 5.97 Å². The fourth-order valence-corrected chi connectivity index (χ4v) is 2.47. The number of methoxy groups -OCH3 is 1. The van der Waals surface area contributed by atoms with E-state index in [0.717, 1.165) is 17.8 Å². The Kier molecular flexibility index (Phi) is 4.37. The molecule has 0 saturated heterocycles. The zero-order chi connectivity index (χ0) is 15.6. The van der Waals surface area contributed by atoms with Gasteiger partial charge in [-0.05, 0) is 13.8 Å². The van der Waals surface area contributed by atoms with Gasteiger partial charge in [0, 0.05) is 12.4 Å². The number of carbonyl (C=O) groups is 2. The second-order valence-electron chi connectivity index (χ2n) is 4.35. The highest BCUT2D eigenvalue weighted by molar-refractivity contribution is 7.09. The van der Waals surface area contributed by atoms with Crippen LogP contribution in [0.15, 0.2) is 5.38 Å². The van der Waals surface area contributed by atoms with Crippen LogP contribution in [0.4, 0.5) is 0 Å². The maximum Gasteiger partial charge on any atom is 0.381 e. The Bertz CT molecular complexity index is 690. The molecular weight excluding hydrogens is 294 g/mol. The van der Waals surface area contributed by atoms with Crippen molar-refractivity contribution in [3.8, 4) is 5.75 Å². The SMILES string of the molecule is COC(=O)C(=O)c1c(OCc2csc(C)n2)c(C)nn1C. The van der Waals surface area contributed by atoms with E-state index >= 15 is 0 Å². The van der Waals surface area contributed by atoms with Crippen molar-refractivity contribution < 1.29 is 19.1 Å². The van der Waals surface area contributed by atoms with Crippen LogP contribution in [0.5, 0.6) is 5.75 Å². The molecule has 0 spiro atoms. The number of hydrogen-bond donors (Lipinski definition) is 0. The van der Waals surface area contributed by atoms with Gasteiger partial charge in [-0.25, -0.2) is 9.78 Å². The van der Waals surface area contributed by atoms with E-state index in [1.54, 1.807) is 14.0 Å². The van der Waals surface area contributed by atoms with Gasteiger partial charge in [-0.2, -0.15) is 5.10 Å². The first-order valence-electron chi connectivity index (χ1n) is 6.14. The fraction of sp³-hybridized carbons (Fsp3) is 0.385. The van der Waals surface area contributed by atoms with Crippen molar-refractivity contribution in [3.05, 3.63) is 27.5 Å². The van der Waals surface area contributed by atoms with E-state index in [0.29, 0.717) is 5.69 Å². The molecular formula is C13H15N3O4S. The van der Waals surface area contributed by atoms with Crippen LogP contribution < -0.4 is 4.74 Å². The number of aryl methyl sites for hydroxylation is 3. The van der Waals surface area contributed by atoms with Gasteiger partial charge in [0.1, 0.15) is 12.3 Å². The molecule has 0 unspecified atom stereocenters. The fourth-order valence-electron chi connectivity index (χ4n) is 1.87. The van der Waals surface area contributed by atoms with Gasteiger partial charge in [-0.15, -0.1) is 11.3 Å². The van der Waals surface area contributed by atoms with E-state index < -0.39 is 11.8 Å². The summed E-state index contributed by atoms with van der Waals surface area (Å²) in [6.45, 7) is 3.81. The Balaban J connectivity index is 2.26. The predicted molar refractivity (Wildman–Crippen MR) is 75.5 cm³/mol. The number of rotatable bonds is 5. The normalized spacial score (nSPS) is 10.5.